The molecule has 7 nitrogen and oxygen atoms in total. The standard InChI is InChI=1S/C12H8IN3O4/c13-6-1-2-8(17)7(5-6)11(18)16-10-9(12(19)20)14-3-4-15-10/h1-5,17H,(H,19,20)(H,15,16,18). The molecule has 0 saturated carbocycles. The number of amides is 1. The Morgan fingerprint density at radius 2 is 1.90 bits per heavy atom. The second-order valence-electron chi connectivity index (χ2n) is 3.67. The average Bonchev–Trinajstić information content (AvgIpc) is 2.41. The molecule has 20 heavy (non-hydrogen) atoms. The van der Waals surface area contributed by atoms with Gasteiger partial charge in [-0.15, -0.1) is 0 Å². The molecular formula is C12H8IN3O4. The van der Waals surface area contributed by atoms with Crippen molar-refractivity contribution in [2.45, 2.75) is 0 Å². The largest absolute Gasteiger partial charge is 0.507 e. The van der Waals surface area contributed by atoms with Crippen molar-refractivity contribution in [2.75, 3.05) is 5.32 Å². The van der Waals surface area contributed by atoms with Gasteiger partial charge in [-0.05, 0) is 40.8 Å². The van der Waals surface area contributed by atoms with E-state index in [1.165, 1.54) is 24.5 Å². The molecule has 2 aromatic rings. The van der Waals surface area contributed by atoms with E-state index in [4.69, 9.17) is 5.11 Å². The van der Waals surface area contributed by atoms with Crippen molar-refractivity contribution in [3.05, 3.63) is 45.4 Å². The molecule has 8 heteroatoms. The van der Waals surface area contributed by atoms with Crippen molar-refractivity contribution in [1.82, 2.24) is 9.97 Å². The monoisotopic (exact) mass is 385 g/mol. The van der Waals surface area contributed by atoms with Crippen LogP contribution in [0.5, 0.6) is 5.75 Å². The molecule has 0 fully saturated rings. The summed E-state index contributed by atoms with van der Waals surface area (Å²) in [6.45, 7) is 0. The summed E-state index contributed by atoms with van der Waals surface area (Å²) in [4.78, 5) is 30.4. The number of aromatic nitrogens is 2. The van der Waals surface area contributed by atoms with Gasteiger partial charge in [-0.1, -0.05) is 0 Å². The van der Waals surface area contributed by atoms with Gasteiger partial charge in [0, 0.05) is 16.0 Å². The van der Waals surface area contributed by atoms with Crippen molar-refractivity contribution in [1.29, 1.82) is 0 Å². The van der Waals surface area contributed by atoms with Gasteiger partial charge in [0.2, 0.25) is 0 Å². The predicted molar refractivity (Wildman–Crippen MR) is 77.8 cm³/mol. The lowest BCUT2D eigenvalue weighted by Gasteiger charge is -2.08. The fraction of sp³-hybridized carbons (Fsp3) is 0. The number of nitrogens with one attached hydrogen (secondary N) is 1. The molecule has 0 radical (unpaired) electrons. The lowest BCUT2D eigenvalue weighted by Crippen LogP contribution is -2.17. The second kappa shape index (κ2) is 5.82. The van der Waals surface area contributed by atoms with Crippen LogP contribution >= 0.6 is 22.6 Å². The number of benzene rings is 1. The van der Waals surface area contributed by atoms with Crippen molar-refractivity contribution < 1.29 is 19.8 Å². The average molecular weight is 385 g/mol. The van der Waals surface area contributed by atoms with Crippen LogP contribution in [0.4, 0.5) is 5.82 Å². The number of rotatable bonds is 3. The summed E-state index contributed by atoms with van der Waals surface area (Å²) in [5.74, 6) is -2.35. The number of carbonyl (C=O) groups excluding carboxylic acids is 1. The van der Waals surface area contributed by atoms with E-state index in [0.29, 0.717) is 0 Å². The normalized spacial score (nSPS) is 10.1. The van der Waals surface area contributed by atoms with Crippen LogP contribution in [0.2, 0.25) is 0 Å². The van der Waals surface area contributed by atoms with E-state index >= 15 is 0 Å². The molecule has 0 saturated heterocycles. The molecule has 0 atom stereocenters. The number of phenols is 1. The first-order valence-corrected chi connectivity index (χ1v) is 6.41. The molecule has 1 heterocycles. The van der Waals surface area contributed by atoms with Crippen LogP contribution in [-0.4, -0.2) is 32.1 Å². The van der Waals surface area contributed by atoms with E-state index in [9.17, 15) is 14.7 Å². The van der Waals surface area contributed by atoms with Crippen LogP contribution < -0.4 is 5.32 Å². The highest BCUT2D eigenvalue weighted by molar-refractivity contribution is 14.1. The molecule has 0 unspecified atom stereocenters. The van der Waals surface area contributed by atoms with Crippen molar-refractivity contribution in [3.63, 3.8) is 0 Å². The summed E-state index contributed by atoms with van der Waals surface area (Å²) in [5, 5.41) is 20.9. The van der Waals surface area contributed by atoms with E-state index in [1.807, 2.05) is 22.6 Å². The Bertz CT molecular complexity index is 690. The highest BCUT2D eigenvalue weighted by Gasteiger charge is 2.18. The van der Waals surface area contributed by atoms with Gasteiger partial charge in [-0.25, -0.2) is 14.8 Å². The molecule has 0 spiro atoms. The fourth-order valence-corrected chi connectivity index (χ4v) is 1.94. The number of hydrogen-bond donors (Lipinski definition) is 3. The van der Waals surface area contributed by atoms with Gasteiger partial charge >= 0.3 is 5.97 Å². The van der Waals surface area contributed by atoms with Gasteiger partial charge in [-0.2, -0.15) is 0 Å². The minimum absolute atomic E-state index is 0.0268. The minimum atomic E-state index is -1.31. The Kier molecular flexibility index (Phi) is 4.13. The molecule has 0 aliphatic heterocycles. The van der Waals surface area contributed by atoms with Crippen LogP contribution in [0.3, 0.4) is 0 Å². The van der Waals surface area contributed by atoms with Gasteiger partial charge in [0.25, 0.3) is 5.91 Å². The maximum atomic E-state index is 12.0. The molecule has 2 rings (SSSR count). The van der Waals surface area contributed by atoms with Gasteiger partial charge in [-0.3, -0.25) is 4.79 Å². The Balaban J connectivity index is 2.33. The van der Waals surface area contributed by atoms with Gasteiger partial charge in [0.1, 0.15) is 5.75 Å². The van der Waals surface area contributed by atoms with E-state index < -0.39 is 11.9 Å². The zero-order valence-electron chi connectivity index (χ0n) is 9.87. The SMILES string of the molecule is O=C(Nc1nccnc1C(=O)O)c1cc(I)ccc1O. The molecule has 0 aliphatic carbocycles. The second-order valence-corrected chi connectivity index (χ2v) is 4.92. The third kappa shape index (κ3) is 3.02. The maximum absolute atomic E-state index is 12.0. The number of phenolic OH excluding ortho intramolecular Hbond substituents is 1. The zero-order chi connectivity index (χ0) is 14.7. The zero-order valence-corrected chi connectivity index (χ0v) is 12.0. The predicted octanol–water partition coefficient (Wildman–Crippen LogP) is 1.74. The Morgan fingerprint density at radius 1 is 1.20 bits per heavy atom. The molecule has 0 bridgehead atoms. The van der Waals surface area contributed by atoms with Crippen LogP contribution in [0.1, 0.15) is 20.8 Å². The third-order valence-corrected chi connectivity index (χ3v) is 3.01. The molecule has 1 aromatic carbocycles. The third-order valence-electron chi connectivity index (χ3n) is 2.34. The molecule has 0 aliphatic rings. The number of aromatic carboxylic acids is 1. The number of anilines is 1. The molecule has 1 aromatic heterocycles. The smallest absolute Gasteiger partial charge is 0.358 e. The highest BCUT2D eigenvalue weighted by atomic mass is 127. The number of nitrogens with zero attached hydrogens (tertiary/aromatic N) is 2. The first-order chi connectivity index (χ1) is 9.49. The number of carboxylic acid groups (broad SMARTS) is 1. The highest BCUT2D eigenvalue weighted by Crippen LogP contribution is 2.21. The number of carboxylic acids is 1. The molecule has 1 amide bonds. The Labute approximate surface area is 126 Å². The summed E-state index contributed by atoms with van der Waals surface area (Å²) in [6, 6.07) is 4.49. The van der Waals surface area contributed by atoms with Crippen molar-refractivity contribution in [2.24, 2.45) is 0 Å². The molecule has 102 valence electrons. The van der Waals surface area contributed by atoms with Crippen LogP contribution in [0, 0.1) is 3.57 Å². The van der Waals surface area contributed by atoms with Gasteiger partial charge in [0.05, 0.1) is 5.56 Å². The summed E-state index contributed by atoms with van der Waals surface area (Å²) in [7, 11) is 0. The number of halogens is 1. The fourth-order valence-electron chi connectivity index (χ4n) is 1.45. The topological polar surface area (TPSA) is 112 Å². The Hall–Kier alpha value is -2.23. The van der Waals surface area contributed by atoms with Gasteiger partial charge < -0.3 is 15.5 Å². The number of aromatic hydroxyl groups is 1. The molecule has 3 N–H and O–H groups in total. The van der Waals surface area contributed by atoms with Crippen LogP contribution in [0.25, 0.3) is 0 Å². The van der Waals surface area contributed by atoms with Crippen molar-refractivity contribution >= 4 is 40.3 Å². The van der Waals surface area contributed by atoms with E-state index in [2.05, 4.69) is 15.3 Å². The first-order valence-electron chi connectivity index (χ1n) is 5.33. The van der Waals surface area contributed by atoms with E-state index in [-0.39, 0.29) is 22.8 Å². The van der Waals surface area contributed by atoms with Gasteiger partial charge in [0.15, 0.2) is 11.5 Å². The number of carbonyl (C=O) groups is 2. The maximum Gasteiger partial charge on any atom is 0.358 e. The number of hydrogen-bond acceptors (Lipinski definition) is 5. The minimum Gasteiger partial charge on any atom is -0.507 e. The quantitative estimate of drug-likeness (QED) is 0.694. The summed E-state index contributed by atoms with van der Waals surface area (Å²) < 4.78 is 0.753. The summed E-state index contributed by atoms with van der Waals surface area (Å²) in [6.07, 6.45) is 2.47. The lowest BCUT2D eigenvalue weighted by molar-refractivity contribution is 0.0691. The first kappa shape index (κ1) is 14.2. The lowest BCUT2D eigenvalue weighted by atomic mass is 10.2. The Morgan fingerprint density at radius 3 is 2.60 bits per heavy atom. The van der Waals surface area contributed by atoms with Crippen molar-refractivity contribution in [3.8, 4) is 5.75 Å². The van der Waals surface area contributed by atoms with Crippen LogP contribution in [0.15, 0.2) is 30.6 Å². The van der Waals surface area contributed by atoms with E-state index in [1.54, 1.807) is 6.07 Å². The van der Waals surface area contributed by atoms with Crippen LogP contribution in [-0.2, 0) is 0 Å². The van der Waals surface area contributed by atoms with E-state index in [0.717, 1.165) is 3.57 Å². The summed E-state index contributed by atoms with van der Waals surface area (Å²) >= 11 is 1.99. The summed E-state index contributed by atoms with van der Waals surface area (Å²) in [5.41, 5.74) is -0.343. The molecular weight excluding hydrogens is 377 g/mol.